The molecule has 4 fully saturated rings. The summed E-state index contributed by atoms with van der Waals surface area (Å²) in [5, 5.41) is 7.00. The van der Waals surface area contributed by atoms with E-state index in [4.69, 9.17) is 5.11 Å². The zero-order chi connectivity index (χ0) is 23.8. The molecule has 3 nitrogen and oxygen atoms in total. The second kappa shape index (κ2) is 13.0. The standard InChI is InChI=1S/C25H43NOS.C2H6.CH4O/c1-4-28-26-23(27)10-7-9-19-12-14-21-20-13-11-18-8-5-6-16-24(18,2)22(20)15-17-25(19,21)3;2*1-2/h18-22H,4-17H2,1-3H3,(H,26,27);1-2H3;2H,1H3. The van der Waals surface area contributed by atoms with Gasteiger partial charge in [0, 0.05) is 19.3 Å². The monoisotopic (exact) mass is 467 g/mol. The lowest BCUT2D eigenvalue weighted by Gasteiger charge is -2.60. The summed E-state index contributed by atoms with van der Waals surface area (Å²) in [5.74, 6) is 6.08. The Morgan fingerprint density at radius 1 is 0.938 bits per heavy atom. The first-order chi connectivity index (χ1) is 15.5. The van der Waals surface area contributed by atoms with E-state index in [1.165, 1.54) is 82.6 Å². The van der Waals surface area contributed by atoms with Gasteiger partial charge in [0.1, 0.15) is 0 Å². The third-order valence-corrected chi connectivity index (χ3v) is 10.7. The van der Waals surface area contributed by atoms with Gasteiger partial charge in [-0.1, -0.05) is 59.4 Å². The Balaban J connectivity index is 0.000000860. The molecule has 188 valence electrons. The highest BCUT2D eigenvalue weighted by molar-refractivity contribution is 7.97. The summed E-state index contributed by atoms with van der Waals surface area (Å²) in [6.07, 6.45) is 18.0. The number of hydrogen-bond acceptors (Lipinski definition) is 3. The molecule has 4 rings (SSSR count). The van der Waals surface area contributed by atoms with E-state index in [-0.39, 0.29) is 5.91 Å². The summed E-state index contributed by atoms with van der Waals surface area (Å²) >= 11 is 1.54. The Kier molecular flexibility index (Phi) is 11.4. The molecule has 0 heterocycles. The molecule has 0 bridgehead atoms. The van der Waals surface area contributed by atoms with Crippen LogP contribution in [0.2, 0.25) is 0 Å². The summed E-state index contributed by atoms with van der Waals surface area (Å²) in [6, 6.07) is 0. The van der Waals surface area contributed by atoms with Crippen molar-refractivity contribution in [1.82, 2.24) is 4.72 Å². The molecule has 0 aliphatic heterocycles. The molecular formula is C28H53NO2S. The van der Waals surface area contributed by atoms with Crippen LogP contribution < -0.4 is 4.72 Å². The highest BCUT2D eigenvalue weighted by Gasteiger charge is 2.59. The molecule has 0 saturated heterocycles. The quantitative estimate of drug-likeness (QED) is 0.395. The molecule has 0 spiro atoms. The SMILES string of the molecule is CC.CCSNC(=O)CCCC1CCC2C3CCC4CCCCC4(C)C3CCC12C.CO. The second-order valence-electron chi connectivity index (χ2n) is 11.1. The number of carbonyl (C=O) groups is 1. The molecule has 4 heteroatoms. The molecule has 0 aromatic heterocycles. The molecule has 0 aromatic carbocycles. The summed E-state index contributed by atoms with van der Waals surface area (Å²) in [6.45, 7) is 11.4. The van der Waals surface area contributed by atoms with Crippen LogP contribution in [-0.2, 0) is 4.79 Å². The summed E-state index contributed by atoms with van der Waals surface area (Å²) < 4.78 is 2.97. The first-order valence-corrected chi connectivity index (χ1v) is 14.8. The maximum Gasteiger partial charge on any atom is 0.229 e. The number of aliphatic hydroxyl groups excluding tert-OH is 1. The van der Waals surface area contributed by atoms with Crippen LogP contribution in [0.5, 0.6) is 0 Å². The van der Waals surface area contributed by atoms with Gasteiger partial charge in [0.2, 0.25) is 5.91 Å². The van der Waals surface area contributed by atoms with E-state index in [0.717, 1.165) is 55.3 Å². The average Bonchev–Trinajstić information content (AvgIpc) is 3.16. The van der Waals surface area contributed by atoms with Gasteiger partial charge in [0.05, 0.1) is 0 Å². The van der Waals surface area contributed by atoms with E-state index in [2.05, 4.69) is 25.5 Å². The van der Waals surface area contributed by atoms with Gasteiger partial charge in [-0.2, -0.15) is 0 Å². The lowest BCUT2D eigenvalue weighted by Crippen LogP contribution is -2.52. The van der Waals surface area contributed by atoms with Crippen LogP contribution in [0.1, 0.15) is 118 Å². The van der Waals surface area contributed by atoms with E-state index in [1.54, 1.807) is 0 Å². The summed E-state index contributed by atoms with van der Waals surface area (Å²) in [7, 11) is 1.00. The minimum absolute atomic E-state index is 0.235. The Bertz CT molecular complexity index is 570. The van der Waals surface area contributed by atoms with E-state index in [1.807, 2.05) is 13.8 Å². The van der Waals surface area contributed by atoms with Gasteiger partial charge in [-0.25, -0.2) is 0 Å². The van der Waals surface area contributed by atoms with Crippen LogP contribution in [0.25, 0.3) is 0 Å². The molecule has 0 radical (unpaired) electrons. The molecule has 4 aliphatic rings. The van der Waals surface area contributed by atoms with E-state index in [9.17, 15) is 4.79 Å². The van der Waals surface area contributed by atoms with Gasteiger partial charge < -0.3 is 9.83 Å². The minimum atomic E-state index is 0.235. The predicted molar refractivity (Wildman–Crippen MR) is 139 cm³/mol. The van der Waals surface area contributed by atoms with Crippen LogP contribution in [0.3, 0.4) is 0 Å². The Morgan fingerprint density at radius 3 is 2.38 bits per heavy atom. The summed E-state index contributed by atoms with van der Waals surface area (Å²) in [5.41, 5.74) is 1.23. The number of aliphatic hydroxyl groups is 1. The highest BCUT2D eigenvalue weighted by Crippen LogP contribution is 2.67. The van der Waals surface area contributed by atoms with Crippen molar-refractivity contribution in [2.75, 3.05) is 12.9 Å². The lowest BCUT2D eigenvalue weighted by molar-refractivity contribution is -0.119. The third-order valence-electron chi connectivity index (χ3n) is 10.1. The number of amides is 1. The van der Waals surface area contributed by atoms with Crippen molar-refractivity contribution in [2.24, 2.45) is 40.4 Å². The molecule has 7 unspecified atom stereocenters. The van der Waals surface area contributed by atoms with E-state index < -0.39 is 0 Å². The van der Waals surface area contributed by atoms with Crippen LogP contribution in [0.15, 0.2) is 0 Å². The van der Waals surface area contributed by atoms with Crippen molar-refractivity contribution in [3.8, 4) is 0 Å². The van der Waals surface area contributed by atoms with Gasteiger partial charge in [0.15, 0.2) is 0 Å². The smallest absolute Gasteiger partial charge is 0.229 e. The predicted octanol–water partition coefficient (Wildman–Crippen LogP) is 7.62. The number of nitrogens with one attached hydrogen (secondary N) is 1. The van der Waals surface area contributed by atoms with Crippen molar-refractivity contribution in [2.45, 2.75) is 118 Å². The molecule has 1 amide bonds. The van der Waals surface area contributed by atoms with Gasteiger partial charge in [-0.3, -0.25) is 4.79 Å². The Labute approximate surface area is 203 Å². The lowest BCUT2D eigenvalue weighted by atomic mass is 9.45. The highest BCUT2D eigenvalue weighted by atomic mass is 32.2. The van der Waals surface area contributed by atoms with Crippen LogP contribution in [-0.4, -0.2) is 23.9 Å². The maximum absolute atomic E-state index is 12.0. The molecule has 4 saturated carbocycles. The zero-order valence-corrected chi connectivity index (χ0v) is 22.9. The number of carbonyl (C=O) groups excluding carboxylic acids is 1. The van der Waals surface area contributed by atoms with Gasteiger partial charge in [-0.15, -0.1) is 0 Å². The molecule has 0 aromatic rings. The van der Waals surface area contributed by atoms with Crippen LogP contribution in [0.4, 0.5) is 0 Å². The van der Waals surface area contributed by atoms with E-state index >= 15 is 0 Å². The first-order valence-electron chi connectivity index (χ1n) is 13.8. The molecule has 32 heavy (non-hydrogen) atoms. The topological polar surface area (TPSA) is 49.3 Å². The van der Waals surface area contributed by atoms with Crippen LogP contribution >= 0.6 is 11.9 Å². The largest absolute Gasteiger partial charge is 0.400 e. The fourth-order valence-electron chi connectivity index (χ4n) is 8.59. The van der Waals surface area contributed by atoms with Crippen molar-refractivity contribution in [1.29, 1.82) is 0 Å². The van der Waals surface area contributed by atoms with Gasteiger partial charge >= 0.3 is 0 Å². The fraction of sp³-hybridized carbons (Fsp3) is 0.964. The summed E-state index contributed by atoms with van der Waals surface area (Å²) in [4.78, 5) is 12.0. The first kappa shape index (κ1) is 28.0. The van der Waals surface area contributed by atoms with E-state index in [0.29, 0.717) is 10.8 Å². The van der Waals surface area contributed by atoms with Gasteiger partial charge in [0.25, 0.3) is 0 Å². The maximum atomic E-state index is 12.0. The number of rotatable bonds is 6. The van der Waals surface area contributed by atoms with Crippen molar-refractivity contribution >= 4 is 17.9 Å². The van der Waals surface area contributed by atoms with Crippen molar-refractivity contribution < 1.29 is 9.90 Å². The van der Waals surface area contributed by atoms with Crippen molar-refractivity contribution in [3.05, 3.63) is 0 Å². The molecule has 4 aliphatic carbocycles. The van der Waals surface area contributed by atoms with Gasteiger partial charge in [-0.05, 0) is 105 Å². The fourth-order valence-corrected chi connectivity index (χ4v) is 9.00. The normalized spacial score (nSPS) is 39.8. The minimum Gasteiger partial charge on any atom is -0.400 e. The number of hydrogen-bond donors (Lipinski definition) is 2. The third kappa shape index (κ3) is 5.70. The second-order valence-corrected chi connectivity index (χ2v) is 12.1. The molecule has 2 N–H and O–H groups in total. The number of fused-ring (bicyclic) bond motifs is 5. The molecule has 7 atom stereocenters. The Hall–Kier alpha value is -0.220. The average molecular weight is 468 g/mol. The zero-order valence-electron chi connectivity index (χ0n) is 22.0. The van der Waals surface area contributed by atoms with Crippen molar-refractivity contribution in [3.63, 3.8) is 0 Å². The molecular weight excluding hydrogens is 414 g/mol. The Morgan fingerprint density at radius 2 is 1.66 bits per heavy atom. The van der Waals surface area contributed by atoms with Crippen LogP contribution in [0, 0.1) is 40.4 Å².